The molecule has 0 spiro atoms. The van der Waals surface area contributed by atoms with Gasteiger partial charge in [-0.05, 0) is 30.5 Å². The molecule has 0 bridgehead atoms. The molecule has 0 saturated carbocycles. The number of esters is 1. The normalized spacial score (nSPS) is 10.5. The Hall–Kier alpha value is -2.53. The molecule has 1 heterocycles. The summed E-state index contributed by atoms with van der Waals surface area (Å²) in [5, 5.41) is 3.93. The lowest BCUT2D eigenvalue weighted by molar-refractivity contribution is 0.0464. The average Bonchev–Trinajstić information content (AvgIpc) is 3.09. The number of hydrogen-bond acceptors (Lipinski definition) is 5. The van der Waals surface area contributed by atoms with Gasteiger partial charge in [0.1, 0.15) is 12.3 Å². The third kappa shape index (κ3) is 3.81. The maximum absolute atomic E-state index is 12.0. The molecule has 0 aliphatic carbocycles. The molecule has 5 heteroatoms. The van der Waals surface area contributed by atoms with Crippen molar-refractivity contribution in [3.05, 3.63) is 71.9 Å². The van der Waals surface area contributed by atoms with E-state index in [0.29, 0.717) is 17.0 Å². The van der Waals surface area contributed by atoms with E-state index < -0.39 is 0 Å². The highest BCUT2D eigenvalue weighted by molar-refractivity contribution is 7.98. The molecular weight excluding hydrogens is 310 g/mol. The Morgan fingerprint density at radius 2 is 1.87 bits per heavy atom. The first kappa shape index (κ1) is 15.4. The highest BCUT2D eigenvalue weighted by Gasteiger charge is 2.11. The van der Waals surface area contributed by atoms with Crippen LogP contribution >= 0.6 is 11.8 Å². The molecule has 0 unspecified atom stereocenters. The fraction of sp³-hybridized carbons (Fsp3) is 0.111. The quantitative estimate of drug-likeness (QED) is 0.513. The van der Waals surface area contributed by atoms with Crippen molar-refractivity contribution in [2.24, 2.45) is 0 Å². The molecule has 3 rings (SSSR count). The zero-order valence-electron chi connectivity index (χ0n) is 12.6. The summed E-state index contributed by atoms with van der Waals surface area (Å²) in [4.78, 5) is 13.1. The van der Waals surface area contributed by atoms with Crippen molar-refractivity contribution < 1.29 is 14.1 Å². The Kier molecular flexibility index (Phi) is 4.78. The Morgan fingerprint density at radius 1 is 1.13 bits per heavy atom. The Morgan fingerprint density at radius 3 is 2.57 bits per heavy atom. The molecule has 0 fully saturated rings. The van der Waals surface area contributed by atoms with Gasteiger partial charge in [0.25, 0.3) is 0 Å². The van der Waals surface area contributed by atoms with E-state index in [1.807, 2.05) is 48.7 Å². The summed E-state index contributed by atoms with van der Waals surface area (Å²) in [5.74, 6) is 0.280. The Labute approximate surface area is 138 Å². The predicted molar refractivity (Wildman–Crippen MR) is 89.3 cm³/mol. The van der Waals surface area contributed by atoms with Gasteiger partial charge in [0, 0.05) is 16.5 Å². The van der Waals surface area contributed by atoms with Crippen LogP contribution in [-0.2, 0) is 11.3 Å². The van der Waals surface area contributed by atoms with Gasteiger partial charge in [-0.3, -0.25) is 0 Å². The van der Waals surface area contributed by atoms with Crippen LogP contribution in [0, 0.1) is 0 Å². The van der Waals surface area contributed by atoms with Gasteiger partial charge < -0.3 is 9.26 Å². The van der Waals surface area contributed by atoms with Gasteiger partial charge >= 0.3 is 5.97 Å². The summed E-state index contributed by atoms with van der Waals surface area (Å²) >= 11 is 1.63. The first-order chi connectivity index (χ1) is 11.3. The molecule has 0 N–H and O–H groups in total. The van der Waals surface area contributed by atoms with Gasteiger partial charge in [0.05, 0.1) is 5.56 Å². The topological polar surface area (TPSA) is 52.3 Å². The molecule has 0 amide bonds. The van der Waals surface area contributed by atoms with Crippen LogP contribution in [0.5, 0.6) is 0 Å². The minimum atomic E-state index is -0.373. The summed E-state index contributed by atoms with van der Waals surface area (Å²) in [6.07, 6.45) is 1.99. The first-order valence-electron chi connectivity index (χ1n) is 7.08. The van der Waals surface area contributed by atoms with Gasteiger partial charge in [0.2, 0.25) is 0 Å². The van der Waals surface area contributed by atoms with Crippen LogP contribution in [0.1, 0.15) is 16.1 Å². The number of carbonyl (C=O) groups is 1. The number of aromatic nitrogens is 1. The molecule has 0 radical (unpaired) electrons. The van der Waals surface area contributed by atoms with Gasteiger partial charge in [-0.1, -0.05) is 35.5 Å². The van der Waals surface area contributed by atoms with Crippen molar-refractivity contribution in [1.29, 1.82) is 0 Å². The molecule has 0 aliphatic heterocycles. The molecule has 0 aliphatic rings. The summed E-state index contributed by atoms with van der Waals surface area (Å²) in [6.45, 7) is 0.0828. The molecule has 2 aromatic carbocycles. The van der Waals surface area contributed by atoms with Crippen molar-refractivity contribution in [3.8, 4) is 11.3 Å². The van der Waals surface area contributed by atoms with Gasteiger partial charge in [0.15, 0.2) is 5.76 Å². The molecule has 4 nitrogen and oxygen atoms in total. The van der Waals surface area contributed by atoms with E-state index in [1.165, 1.54) is 0 Å². The molecule has 0 saturated heterocycles. The van der Waals surface area contributed by atoms with Gasteiger partial charge in [-0.2, -0.15) is 0 Å². The molecule has 116 valence electrons. The van der Waals surface area contributed by atoms with E-state index >= 15 is 0 Å². The largest absolute Gasteiger partial charge is 0.455 e. The van der Waals surface area contributed by atoms with E-state index in [1.54, 1.807) is 30.0 Å². The molecule has 0 atom stereocenters. The third-order valence-electron chi connectivity index (χ3n) is 3.29. The number of benzene rings is 2. The molecular formula is C18H15NO3S. The van der Waals surface area contributed by atoms with Gasteiger partial charge in [-0.15, -0.1) is 11.8 Å². The second kappa shape index (κ2) is 7.15. The first-order valence-corrected chi connectivity index (χ1v) is 8.31. The molecule has 3 aromatic rings. The number of hydrogen-bond donors (Lipinski definition) is 0. The smallest absolute Gasteiger partial charge is 0.338 e. The van der Waals surface area contributed by atoms with Crippen LogP contribution in [0.3, 0.4) is 0 Å². The summed E-state index contributed by atoms with van der Waals surface area (Å²) in [5.41, 5.74) is 2.04. The van der Waals surface area contributed by atoms with Crippen LogP contribution in [0.25, 0.3) is 11.3 Å². The van der Waals surface area contributed by atoms with Crippen molar-refractivity contribution in [1.82, 2.24) is 5.16 Å². The lowest BCUT2D eigenvalue weighted by atomic mass is 10.2. The number of thioether (sulfide) groups is 1. The monoisotopic (exact) mass is 325 g/mol. The van der Waals surface area contributed by atoms with E-state index in [-0.39, 0.29) is 12.6 Å². The van der Waals surface area contributed by atoms with Crippen LogP contribution in [0.2, 0.25) is 0 Å². The average molecular weight is 325 g/mol. The third-order valence-corrected chi connectivity index (χ3v) is 4.04. The zero-order valence-corrected chi connectivity index (χ0v) is 13.4. The Balaban J connectivity index is 1.62. The highest BCUT2D eigenvalue weighted by atomic mass is 32.2. The molecule has 1 aromatic heterocycles. The Bertz CT molecular complexity index is 782. The second-order valence-electron chi connectivity index (χ2n) is 4.85. The number of nitrogens with zero attached hydrogens (tertiary/aromatic N) is 1. The van der Waals surface area contributed by atoms with Gasteiger partial charge in [-0.25, -0.2) is 4.79 Å². The number of rotatable bonds is 5. The van der Waals surface area contributed by atoms with E-state index in [9.17, 15) is 4.79 Å². The standard InChI is InChI=1S/C18H15NO3S/c1-23-16-9-7-14(8-10-16)18(20)21-12-15-11-17(22-19-15)13-5-3-2-4-6-13/h2-11H,12H2,1H3. The minimum absolute atomic E-state index is 0.0828. The summed E-state index contributed by atoms with van der Waals surface area (Å²) in [7, 11) is 0. The van der Waals surface area contributed by atoms with Crippen LogP contribution in [-0.4, -0.2) is 17.4 Å². The molecule has 23 heavy (non-hydrogen) atoms. The van der Waals surface area contributed by atoms with Crippen LogP contribution < -0.4 is 0 Å². The number of ether oxygens (including phenoxy) is 1. The van der Waals surface area contributed by atoms with Crippen LogP contribution in [0.15, 0.2) is 70.1 Å². The zero-order chi connectivity index (χ0) is 16.1. The van der Waals surface area contributed by atoms with Crippen LogP contribution in [0.4, 0.5) is 0 Å². The van der Waals surface area contributed by atoms with E-state index in [2.05, 4.69) is 5.16 Å². The summed E-state index contributed by atoms with van der Waals surface area (Å²) < 4.78 is 10.5. The van der Waals surface area contributed by atoms with Crippen molar-refractivity contribution in [2.75, 3.05) is 6.26 Å². The highest BCUT2D eigenvalue weighted by Crippen LogP contribution is 2.20. The van der Waals surface area contributed by atoms with Crippen molar-refractivity contribution in [3.63, 3.8) is 0 Å². The maximum Gasteiger partial charge on any atom is 0.338 e. The number of carbonyl (C=O) groups excluding carboxylic acids is 1. The minimum Gasteiger partial charge on any atom is -0.455 e. The van der Waals surface area contributed by atoms with Crippen molar-refractivity contribution in [2.45, 2.75) is 11.5 Å². The van der Waals surface area contributed by atoms with E-state index in [0.717, 1.165) is 10.5 Å². The lowest BCUT2D eigenvalue weighted by Crippen LogP contribution is -2.05. The summed E-state index contributed by atoms with van der Waals surface area (Å²) in [6, 6.07) is 18.7. The predicted octanol–water partition coefficient (Wildman–Crippen LogP) is 4.42. The fourth-order valence-electron chi connectivity index (χ4n) is 2.07. The SMILES string of the molecule is CSc1ccc(C(=O)OCc2cc(-c3ccccc3)on2)cc1. The van der Waals surface area contributed by atoms with Crippen molar-refractivity contribution >= 4 is 17.7 Å². The lowest BCUT2D eigenvalue weighted by Gasteiger charge is -2.03. The van der Waals surface area contributed by atoms with E-state index in [4.69, 9.17) is 9.26 Å². The maximum atomic E-state index is 12.0. The second-order valence-corrected chi connectivity index (χ2v) is 5.73. The fourth-order valence-corrected chi connectivity index (χ4v) is 2.48.